The number of aromatic nitrogens is 1. The minimum absolute atomic E-state index is 0.0140. The molecular weight excluding hydrogens is 584 g/mol. The maximum absolute atomic E-state index is 13.5. The van der Waals surface area contributed by atoms with Crippen molar-refractivity contribution in [3.05, 3.63) is 47.8 Å². The molecule has 2 unspecified atom stereocenters. The van der Waals surface area contributed by atoms with Crippen LogP contribution in [0.2, 0.25) is 0 Å². The lowest BCUT2D eigenvalue weighted by Gasteiger charge is -2.48. The van der Waals surface area contributed by atoms with Crippen LogP contribution in [0.5, 0.6) is 0 Å². The molecule has 12 heteroatoms. The lowest BCUT2D eigenvalue weighted by molar-refractivity contribution is -0.180. The first-order valence-electron chi connectivity index (χ1n) is 15.8. The Labute approximate surface area is 261 Å². The Bertz CT molecular complexity index is 1390. The van der Waals surface area contributed by atoms with Gasteiger partial charge in [0.05, 0.1) is 6.10 Å². The van der Waals surface area contributed by atoms with E-state index in [1.165, 1.54) is 7.11 Å². The second kappa shape index (κ2) is 12.0. The number of cyclic esters (lactones) is 1. The molecule has 12 atom stereocenters. The Morgan fingerprint density at radius 1 is 1.20 bits per heavy atom. The first-order valence-corrected chi connectivity index (χ1v) is 15.8. The minimum atomic E-state index is -1.04. The Hall–Kier alpha value is -3.48. The molecule has 3 heterocycles. The highest BCUT2D eigenvalue weighted by atomic mass is 16.6. The Morgan fingerprint density at radius 2 is 1.96 bits per heavy atom. The fourth-order valence-electron chi connectivity index (χ4n) is 7.89. The molecule has 3 N–H and O–H groups in total. The minimum Gasteiger partial charge on any atom is -0.456 e. The Balaban J connectivity index is 1.33. The zero-order valence-electron chi connectivity index (χ0n) is 26.1. The number of H-pyrrole nitrogens is 1. The predicted octanol–water partition coefficient (Wildman–Crippen LogP) is 2.23. The molecule has 1 spiro atoms. The number of rotatable bonds is 6. The number of hydrogen-bond donors (Lipinski definition) is 3. The Kier molecular flexibility index (Phi) is 8.42. The standard InChI is InChI=1S/C33H42N2O10/c1-15-13-16(2)33-19(14-23(41-5)31(39)43-26(15)18(4)42-32(40)29(37)35-20-9-10-20)8-11-21-24(33)25(36)17(3)27(28(21)45-33)44-30(38)22-7-6-12-34-22/h6-8,11-13,15,17-21,23-28,34,36H,9-10,14H2,1-5H3,(H,35,37)/b16-13+/t15-,17-,18-,19-,21?,23+,24?,25-,26+,27-,28-,33+/m1/s1. The van der Waals surface area contributed by atoms with Crippen molar-refractivity contribution in [1.82, 2.24) is 10.3 Å². The summed E-state index contributed by atoms with van der Waals surface area (Å²) in [4.78, 5) is 54.3. The topological polar surface area (TPSA) is 162 Å². The molecule has 244 valence electrons. The van der Waals surface area contributed by atoms with Gasteiger partial charge >= 0.3 is 23.8 Å². The average Bonchev–Trinajstić information content (AvgIpc) is 3.58. The third-order valence-corrected chi connectivity index (χ3v) is 10.3. The number of aromatic amines is 1. The van der Waals surface area contributed by atoms with Crippen molar-refractivity contribution in [2.24, 2.45) is 29.6 Å². The van der Waals surface area contributed by atoms with E-state index < -0.39 is 77.9 Å². The van der Waals surface area contributed by atoms with Crippen LogP contribution in [0.4, 0.5) is 0 Å². The van der Waals surface area contributed by atoms with Crippen molar-refractivity contribution in [2.45, 2.75) is 95.2 Å². The van der Waals surface area contributed by atoms with E-state index in [1.54, 1.807) is 25.3 Å². The van der Waals surface area contributed by atoms with Gasteiger partial charge in [-0.3, -0.25) is 4.79 Å². The van der Waals surface area contributed by atoms with Gasteiger partial charge in [-0.1, -0.05) is 32.1 Å². The molecular formula is C33H42N2O10. The highest BCUT2D eigenvalue weighted by Gasteiger charge is 2.69. The second-order valence-corrected chi connectivity index (χ2v) is 13.2. The van der Waals surface area contributed by atoms with Crippen LogP contribution in [0.3, 0.4) is 0 Å². The summed E-state index contributed by atoms with van der Waals surface area (Å²) in [6.07, 6.45) is 4.38. The summed E-state index contributed by atoms with van der Waals surface area (Å²) in [7, 11) is 1.42. The maximum atomic E-state index is 13.5. The number of aliphatic hydroxyl groups is 1. The van der Waals surface area contributed by atoms with Crippen molar-refractivity contribution in [1.29, 1.82) is 0 Å². The summed E-state index contributed by atoms with van der Waals surface area (Å²) in [5.74, 6) is -4.95. The summed E-state index contributed by atoms with van der Waals surface area (Å²) in [5.41, 5.74) is 0.0809. The van der Waals surface area contributed by atoms with Gasteiger partial charge in [0.2, 0.25) is 0 Å². The van der Waals surface area contributed by atoms with Gasteiger partial charge in [-0.25, -0.2) is 14.4 Å². The molecule has 0 radical (unpaired) electrons. The Morgan fingerprint density at radius 3 is 2.62 bits per heavy atom. The summed E-state index contributed by atoms with van der Waals surface area (Å²) >= 11 is 0. The maximum Gasteiger partial charge on any atom is 0.397 e. The third kappa shape index (κ3) is 5.50. The molecule has 3 fully saturated rings. The van der Waals surface area contributed by atoms with Crippen molar-refractivity contribution < 1.29 is 48.0 Å². The van der Waals surface area contributed by atoms with Gasteiger partial charge in [0.25, 0.3) is 0 Å². The largest absolute Gasteiger partial charge is 0.456 e. The van der Waals surface area contributed by atoms with Crippen molar-refractivity contribution in [3.8, 4) is 0 Å². The zero-order chi connectivity index (χ0) is 32.2. The van der Waals surface area contributed by atoms with Gasteiger partial charge in [0.15, 0.2) is 6.10 Å². The quantitative estimate of drug-likeness (QED) is 0.185. The molecule has 3 aliphatic carbocycles. The van der Waals surface area contributed by atoms with Crippen LogP contribution >= 0.6 is 0 Å². The molecule has 4 bridgehead atoms. The molecule has 5 aliphatic rings. The molecule has 1 aromatic rings. The number of carbonyl (C=O) groups is 4. The first kappa shape index (κ1) is 31.5. The first-order chi connectivity index (χ1) is 21.5. The van der Waals surface area contributed by atoms with E-state index in [2.05, 4.69) is 10.3 Å². The van der Waals surface area contributed by atoms with E-state index in [4.69, 9.17) is 23.7 Å². The van der Waals surface area contributed by atoms with E-state index in [0.29, 0.717) is 5.69 Å². The summed E-state index contributed by atoms with van der Waals surface area (Å²) in [5, 5.41) is 14.5. The van der Waals surface area contributed by atoms with Gasteiger partial charge < -0.3 is 39.1 Å². The van der Waals surface area contributed by atoms with Gasteiger partial charge in [-0.2, -0.15) is 0 Å². The fourth-order valence-corrected chi connectivity index (χ4v) is 7.89. The van der Waals surface area contributed by atoms with Gasteiger partial charge in [0, 0.05) is 48.9 Å². The van der Waals surface area contributed by atoms with E-state index in [0.717, 1.165) is 18.4 Å². The molecule has 12 nitrogen and oxygen atoms in total. The SMILES string of the molecule is CO[C@H]1C[C@H]2C=CC3C4[C@H](O)[C@@H](C)[C@@H](OC(=O)c5ccc[nH]5)[C@@H]3O[C@]42/C(C)=C/[C@@H](C)[C@@H]([C@@H](C)OC(=O)C(=O)NC2CC2)OC1=O. The number of carbonyl (C=O) groups excluding carboxylic acids is 4. The fraction of sp³-hybridized carbons (Fsp3) is 0.636. The van der Waals surface area contributed by atoms with E-state index in [1.807, 2.05) is 39.0 Å². The number of aliphatic hydroxyl groups excluding tert-OH is 1. The van der Waals surface area contributed by atoms with Crippen molar-refractivity contribution in [2.75, 3.05) is 7.11 Å². The molecule has 2 aliphatic heterocycles. The lowest BCUT2D eigenvalue weighted by atomic mass is 9.57. The number of esters is 3. The lowest BCUT2D eigenvalue weighted by Crippen LogP contribution is -2.57. The molecule has 0 aromatic carbocycles. The van der Waals surface area contributed by atoms with E-state index in [9.17, 15) is 24.3 Å². The third-order valence-electron chi connectivity index (χ3n) is 10.3. The number of hydrogen-bond acceptors (Lipinski definition) is 10. The van der Waals surface area contributed by atoms with Crippen LogP contribution in [0.25, 0.3) is 0 Å². The predicted molar refractivity (Wildman–Crippen MR) is 157 cm³/mol. The number of ether oxygens (including phenoxy) is 5. The van der Waals surface area contributed by atoms with Crippen LogP contribution in [-0.2, 0) is 38.1 Å². The van der Waals surface area contributed by atoms with Crippen molar-refractivity contribution >= 4 is 23.8 Å². The molecule has 2 saturated carbocycles. The zero-order valence-corrected chi connectivity index (χ0v) is 26.1. The van der Waals surface area contributed by atoms with Crippen LogP contribution in [-0.4, -0.2) is 89.3 Å². The van der Waals surface area contributed by atoms with Gasteiger partial charge in [0.1, 0.15) is 35.7 Å². The van der Waals surface area contributed by atoms with Crippen molar-refractivity contribution in [3.63, 3.8) is 0 Å². The monoisotopic (exact) mass is 626 g/mol. The van der Waals surface area contributed by atoms with E-state index >= 15 is 0 Å². The number of methoxy groups -OCH3 is 1. The molecule has 1 saturated heterocycles. The van der Waals surface area contributed by atoms with Crippen LogP contribution in [0, 0.1) is 29.6 Å². The van der Waals surface area contributed by atoms with Crippen LogP contribution < -0.4 is 5.32 Å². The number of amides is 1. The normalized spacial score (nSPS) is 40.7. The molecule has 1 aromatic heterocycles. The second-order valence-electron chi connectivity index (χ2n) is 13.2. The average molecular weight is 627 g/mol. The molecule has 45 heavy (non-hydrogen) atoms. The van der Waals surface area contributed by atoms with Crippen LogP contribution in [0.15, 0.2) is 42.1 Å². The van der Waals surface area contributed by atoms with Gasteiger partial charge in [-0.15, -0.1) is 0 Å². The highest BCUT2D eigenvalue weighted by molar-refractivity contribution is 6.32. The number of nitrogens with one attached hydrogen (secondary N) is 2. The summed E-state index contributed by atoms with van der Waals surface area (Å²) in [6, 6.07) is 3.33. The van der Waals surface area contributed by atoms with E-state index in [-0.39, 0.29) is 30.2 Å². The summed E-state index contributed by atoms with van der Waals surface area (Å²) < 4.78 is 30.0. The van der Waals surface area contributed by atoms with Crippen LogP contribution in [0.1, 0.15) is 57.4 Å². The van der Waals surface area contributed by atoms with Gasteiger partial charge in [-0.05, 0) is 50.8 Å². The molecule has 1 amide bonds. The smallest absolute Gasteiger partial charge is 0.397 e. The summed E-state index contributed by atoms with van der Waals surface area (Å²) in [6.45, 7) is 7.21. The highest BCUT2D eigenvalue weighted by Crippen LogP contribution is 2.61. The molecule has 6 rings (SSSR count).